The highest BCUT2D eigenvalue weighted by molar-refractivity contribution is 5.86. The summed E-state index contributed by atoms with van der Waals surface area (Å²) < 4.78 is 0. The lowest BCUT2D eigenvalue weighted by atomic mass is 9.85. The first-order valence-corrected chi connectivity index (χ1v) is 6.44. The lowest BCUT2D eigenvalue weighted by molar-refractivity contribution is 0.104. The van der Waals surface area contributed by atoms with E-state index in [1.54, 1.807) is 43.6 Å². The number of hydrogen-bond donors (Lipinski definition) is 2. The van der Waals surface area contributed by atoms with Crippen molar-refractivity contribution in [3.8, 4) is 5.75 Å². The van der Waals surface area contributed by atoms with Crippen LogP contribution in [0.5, 0.6) is 5.75 Å². The number of hydrogen-bond acceptors (Lipinski definition) is 3. The number of benzene rings is 2. The van der Waals surface area contributed by atoms with Crippen LogP contribution >= 0.6 is 0 Å². The van der Waals surface area contributed by atoms with Gasteiger partial charge in [-0.15, -0.1) is 0 Å². The van der Waals surface area contributed by atoms with Crippen LogP contribution in [0.3, 0.4) is 0 Å². The number of aliphatic hydroxyl groups is 1. The molecule has 0 radical (unpaired) electrons. The Morgan fingerprint density at radius 2 is 1.75 bits per heavy atom. The van der Waals surface area contributed by atoms with Crippen LogP contribution in [0.4, 0.5) is 0 Å². The van der Waals surface area contributed by atoms with Crippen molar-refractivity contribution in [3.63, 3.8) is 0 Å². The SMILES string of the molecule is CC(O)(c1ccc(O)cc1)c1cccc2ccncc12. The minimum atomic E-state index is -1.14. The molecule has 1 unspecified atom stereocenters. The Morgan fingerprint density at radius 3 is 2.50 bits per heavy atom. The van der Waals surface area contributed by atoms with Gasteiger partial charge in [-0.1, -0.05) is 30.3 Å². The molecule has 2 N–H and O–H groups in total. The second-order valence-corrected chi connectivity index (χ2v) is 5.02. The van der Waals surface area contributed by atoms with Gasteiger partial charge in [-0.2, -0.15) is 0 Å². The fourth-order valence-corrected chi connectivity index (χ4v) is 2.48. The summed E-state index contributed by atoms with van der Waals surface area (Å²) in [5, 5.41) is 22.3. The predicted octanol–water partition coefficient (Wildman–Crippen LogP) is 3.20. The number of aromatic hydroxyl groups is 1. The van der Waals surface area contributed by atoms with Gasteiger partial charge in [0.1, 0.15) is 11.4 Å². The second kappa shape index (κ2) is 4.62. The normalized spacial score (nSPS) is 14.1. The Labute approximate surface area is 117 Å². The maximum atomic E-state index is 10.9. The largest absolute Gasteiger partial charge is 0.508 e. The van der Waals surface area contributed by atoms with Crippen LogP contribution in [0.1, 0.15) is 18.1 Å². The summed E-state index contributed by atoms with van der Waals surface area (Å²) in [6, 6.07) is 14.3. The van der Waals surface area contributed by atoms with E-state index in [-0.39, 0.29) is 5.75 Å². The number of aromatic nitrogens is 1. The van der Waals surface area contributed by atoms with Crippen molar-refractivity contribution < 1.29 is 10.2 Å². The van der Waals surface area contributed by atoms with E-state index < -0.39 is 5.60 Å². The van der Waals surface area contributed by atoms with Gasteiger partial charge in [0.2, 0.25) is 0 Å². The van der Waals surface area contributed by atoms with Crippen molar-refractivity contribution in [1.82, 2.24) is 4.98 Å². The zero-order chi connectivity index (χ0) is 14.2. The van der Waals surface area contributed by atoms with Crippen LogP contribution < -0.4 is 0 Å². The van der Waals surface area contributed by atoms with Crippen LogP contribution in [-0.2, 0) is 5.60 Å². The summed E-state index contributed by atoms with van der Waals surface area (Å²) in [5.41, 5.74) is 0.386. The number of nitrogens with zero attached hydrogens (tertiary/aromatic N) is 1. The summed E-state index contributed by atoms with van der Waals surface area (Å²) in [4.78, 5) is 4.14. The smallest absolute Gasteiger partial charge is 0.115 e. The first-order valence-electron chi connectivity index (χ1n) is 6.44. The average molecular weight is 265 g/mol. The number of phenols is 1. The number of pyridine rings is 1. The first-order chi connectivity index (χ1) is 9.59. The van der Waals surface area contributed by atoms with E-state index in [2.05, 4.69) is 4.98 Å². The van der Waals surface area contributed by atoms with Gasteiger partial charge in [0.05, 0.1) is 0 Å². The van der Waals surface area contributed by atoms with Gasteiger partial charge in [-0.05, 0) is 41.6 Å². The molecule has 3 nitrogen and oxygen atoms in total. The Hall–Kier alpha value is -2.39. The molecule has 0 saturated heterocycles. The summed E-state index contributed by atoms with van der Waals surface area (Å²) in [7, 11) is 0. The molecular formula is C17H15NO2. The quantitative estimate of drug-likeness (QED) is 0.748. The topological polar surface area (TPSA) is 53.4 Å². The number of fused-ring (bicyclic) bond motifs is 1. The molecule has 3 aromatic rings. The van der Waals surface area contributed by atoms with Crippen LogP contribution in [0.15, 0.2) is 60.9 Å². The van der Waals surface area contributed by atoms with Gasteiger partial charge < -0.3 is 10.2 Å². The third-order valence-corrected chi connectivity index (χ3v) is 3.64. The molecule has 0 aliphatic heterocycles. The van der Waals surface area contributed by atoms with Crippen molar-refractivity contribution in [2.45, 2.75) is 12.5 Å². The van der Waals surface area contributed by atoms with Crippen molar-refractivity contribution in [3.05, 3.63) is 72.1 Å². The molecule has 3 heteroatoms. The van der Waals surface area contributed by atoms with Gasteiger partial charge in [-0.25, -0.2) is 0 Å². The molecule has 1 aromatic heterocycles. The minimum Gasteiger partial charge on any atom is -0.508 e. The van der Waals surface area contributed by atoms with Gasteiger partial charge >= 0.3 is 0 Å². The Balaban J connectivity index is 2.20. The molecule has 0 spiro atoms. The van der Waals surface area contributed by atoms with Crippen LogP contribution in [0, 0.1) is 0 Å². The summed E-state index contributed by atoms with van der Waals surface area (Å²) in [6.07, 6.45) is 3.50. The van der Waals surface area contributed by atoms with Gasteiger partial charge in [-0.3, -0.25) is 4.98 Å². The van der Waals surface area contributed by atoms with Crippen LogP contribution in [-0.4, -0.2) is 15.2 Å². The van der Waals surface area contributed by atoms with E-state index in [9.17, 15) is 10.2 Å². The highest BCUT2D eigenvalue weighted by atomic mass is 16.3. The summed E-state index contributed by atoms with van der Waals surface area (Å²) >= 11 is 0. The monoisotopic (exact) mass is 265 g/mol. The number of phenolic OH excluding ortho intramolecular Hbond substituents is 1. The molecule has 20 heavy (non-hydrogen) atoms. The highest BCUT2D eigenvalue weighted by Gasteiger charge is 2.27. The third-order valence-electron chi connectivity index (χ3n) is 3.64. The second-order valence-electron chi connectivity index (χ2n) is 5.02. The molecule has 0 fully saturated rings. The zero-order valence-corrected chi connectivity index (χ0v) is 11.1. The van der Waals surface area contributed by atoms with Crippen molar-refractivity contribution in [2.24, 2.45) is 0 Å². The first kappa shape index (κ1) is 12.6. The fourth-order valence-electron chi connectivity index (χ4n) is 2.48. The van der Waals surface area contributed by atoms with Crippen molar-refractivity contribution in [2.75, 3.05) is 0 Å². The molecule has 0 bridgehead atoms. The lowest BCUT2D eigenvalue weighted by Crippen LogP contribution is -2.23. The van der Waals surface area contributed by atoms with Gasteiger partial charge in [0.15, 0.2) is 0 Å². The van der Waals surface area contributed by atoms with E-state index in [0.717, 1.165) is 21.9 Å². The predicted molar refractivity (Wildman–Crippen MR) is 78.5 cm³/mol. The molecule has 0 aliphatic carbocycles. The molecule has 1 atom stereocenters. The van der Waals surface area contributed by atoms with Crippen LogP contribution in [0.25, 0.3) is 10.8 Å². The third kappa shape index (κ3) is 2.02. The van der Waals surface area contributed by atoms with Gasteiger partial charge in [0.25, 0.3) is 0 Å². The Morgan fingerprint density at radius 1 is 1.00 bits per heavy atom. The standard InChI is InChI=1S/C17H15NO2/c1-17(20,13-5-7-14(19)8-6-13)16-4-2-3-12-9-10-18-11-15(12)16/h2-11,19-20H,1H3. The molecule has 0 amide bonds. The molecule has 0 aliphatic rings. The van der Waals surface area contributed by atoms with Crippen LogP contribution in [0.2, 0.25) is 0 Å². The summed E-state index contributed by atoms with van der Waals surface area (Å²) in [6.45, 7) is 1.75. The van der Waals surface area contributed by atoms with Crippen molar-refractivity contribution >= 4 is 10.8 Å². The van der Waals surface area contributed by atoms with E-state index in [1.165, 1.54) is 0 Å². The molecular weight excluding hydrogens is 250 g/mol. The molecule has 0 saturated carbocycles. The highest BCUT2D eigenvalue weighted by Crippen LogP contribution is 2.34. The molecule has 3 rings (SSSR count). The average Bonchev–Trinajstić information content (AvgIpc) is 2.47. The number of rotatable bonds is 2. The molecule has 2 aromatic carbocycles. The van der Waals surface area contributed by atoms with E-state index in [1.807, 2.05) is 24.3 Å². The van der Waals surface area contributed by atoms with Crippen molar-refractivity contribution in [1.29, 1.82) is 0 Å². The maximum absolute atomic E-state index is 10.9. The lowest BCUT2D eigenvalue weighted by Gasteiger charge is -2.26. The molecule has 100 valence electrons. The maximum Gasteiger partial charge on any atom is 0.115 e. The Kier molecular flexibility index (Phi) is 2.92. The Bertz CT molecular complexity index is 743. The van der Waals surface area contributed by atoms with Gasteiger partial charge in [0, 0.05) is 17.8 Å². The molecule has 1 heterocycles. The zero-order valence-electron chi connectivity index (χ0n) is 11.1. The van der Waals surface area contributed by atoms with E-state index >= 15 is 0 Å². The van der Waals surface area contributed by atoms with E-state index in [0.29, 0.717) is 0 Å². The minimum absolute atomic E-state index is 0.184. The summed E-state index contributed by atoms with van der Waals surface area (Å²) in [5.74, 6) is 0.184. The van der Waals surface area contributed by atoms with E-state index in [4.69, 9.17) is 0 Å². The fraction of sp³-hybridized carbons (Fsp3) is 0.118.